The molecule has 23 heavy (non-hydrogen) atoms. The Kier molecular flexibility index (Phi) is 3.75. The predicted octanol–water partition coefficient (Wildman–Crippen LogP) is 2.13. The van der Waals surface area contributed by atoms with Crippen molar-refractivity contribution in [2.75, 3.05) is 6.26 Å². The van der Waals surface area contributed by atoms with Crippen molar-refractivity contribution in [3.63, 3.8) is 0 Å². The molecule has 2 heterocycles. The van der Waals surface area contributed by atoms with Gasteiger partial charge in [-0.05, 0) is 42.2 Å². The standard InChI is InChI=1S/C17H20N4OS/c1-10-3-4-11-5-6-12(7-13(11)15(10)22)21-16-14(8-20-21)17(23-2)19-9-18-16/h5-10,15,17,21-22H,3-4H2,1-2H3/t10-,15?,17?/m1/s1. The normalized spacial score (nSPS) is 31.8. The Bertz CT molecular complexity index is 727. The zero-order chi connectivity index (χ0) is 16.0. The predicted molar refractivity (Wildman–Crippen MR) is 94.2 cm³/mol. The van der Waals surface area contributed by atoms with Crippen LogP contribution in [0.3, 0.4) is 0 Å². The molecule has 3 aliphatic rings. The van der Waals surface area contributed by atoms with Crippen molar-refractivity contribution >= 4 is 29.6 Å². The van der Waals surface area contributed by atoms with Gasteiger partial charge in [0.2, 0.25) is 5.84 Å². The summed E-state index contributed by atoms with van der Waals surface area (Å²) in [4.78, 5) is 8.82. The van der Waals surface area contributed by atoms with Gasteiger partial charge in [0.15, 0.2) is 0 Å². The maximum Gasteiger partial charge on any atom is 0.232 e. The number of hydrogen-bond donors (Lipinski definition) is 2. The molecule has 6 heteroatoms. The molecular formula is C17H20N4OS. The fraction of sp³-hybridized carbons (Fsp3) is 0.412. The molecule has 4 rings (SSSR count). The third-order valence-corrected chi connectivity index (χ3v) is 5.68. The number of rotatable bonds is 2. The van der Waals surface area contributed by atoms with Gasteiger partial charge in [-0.1, -0.05) is 13.0 Å². The summed E-state index contributed by atoms with van der Waals surface area (Å²) in [5.74, 6) is 1.22. The van der Waals surface area contributed by atoms with Crippen molar-refractivity contribution in [1.29, 1.82) is 0 Å². The first-order chi connectivity index (χ1) is 11.2. The minimum Gasteiger partial charge on any atom is -0.483 e. The maximum atomic E-state index is 10.5. The molecular weight excluding hydrogens is 308 g/mol. The number of aliphatic hydroxyl groups excluding tert-OH is 1. The van der Waals surface area contributed by atoms with E-state index in [2.05, 4.69) is 40.5 Å². The summed E-state index contributed by atoms with van der Waals surface area (Å²) < 4.78 is 0. The Hall–Kier alpha value is -1.63. The van der Waals surface area contributed by atoms with E-state index in [1.807, 2.05) is 12.5 Å². The molecule has 120 valence electrons. The number of amidine groups is 1. The quantitative estimate of drug-likeness (QED) is 0.873. The fourth-order valence-electron chi connectivity index (χ4n) is 3.43. The lowest BCUT2D eigenvalue weighted by molar-refractivity contribution is -0.677. The van der Waals surface area contributed by atoms with Gasteiger partial charge in [0.05, 0.1) is 11.7 Å². The molecule has 0 radical (unpaired) electrons. The molecule has 2 aliphatic heterocycles. The highest BCUT2D eigenvalue weighted by Crippen LogP contribution is 2.35. The molecule has 4 atom stereocenters. The Balaban J connectivity index is 1.68. The Morgan fingerprint density at radius 3 is 3.09 bits per heavy atom. The first kappa shape index (κ1) is 14.9. The van der Waals surface area contributed by atoms with E-state index in [9.17, 15) is 5.11 Å². The van der Waals surface area contributed by atoms with E-state index in [0.29, 0.717) is 5.92 Å². The molecule has 3 unspecified atom stereocenters. The van der Waals surface area contributed by atoms with Crippen LogP contribution in [0.4, 0.5) is 5.69 Å². The van der Waals surface area contributed by atoms with E-state index >= 15 is 0 Å². The van der Waals surface area contributed by atoms with Gasteiger partial charge in [-0.15, -0.1) is 18.0 Å². The molecule has 0 fully saturated rings. The van der Waals surface area contributed by atoms with Crippen molar-refractivity contribution in [2.45, 2.75) is 31.2 Å². The number of nitrogens with zero attached hydrogens (tertiary/aromatic N) is 3. The summed E-state index contributed by atoms with van der Waals surface area (Å²) in [6.07, 6.45) is 7.24. The SMILES string of the molecule is CSC1N=CN=C2C1=C[N-][NH+]2c1ccc2c(c1)C(O)[C@H](C)CC2. The van der Waals surface area contributed by atoms with E-state index < -0.39 is 0 Å². The van der Waals surface area contributed by atoms with E-state index in [0.717, 1.165) is 40.5 Å². The lowest BCUT2D eigenvalue weighted by Gasteiger charge is -2.30. The molecule has 1 aromatic carbocycles. The third kappa shape index (κ3) is 2.41. The lowest BCUT2D eigenvalue weighted by Crippen LogP contribution is -3.04. The van der Waals surface area contributed by atoms with Crippen molar-refractivity contribution in [3.05, 3.63) is 46.5 Å². The fourth-order valence-corrected chi connectivity index (χ4v) is 4.04. The van der Waals surface area contributed by atoms with E-state index in [4.69, 9.17) is 0 Å². The number of quaternary nitrogens is 1. The second kappa shape index (κ2) is 5.78. The number of thioether (sulfide) groups is 1. The van der Waals surface area contributed by atoms with Gasteiger partial charge in [0, 0.05) is 6.07 Å². The highest BCUT2D eigenvalue weighted by Gasteiger charge is 2.31. The number of hydrogen-bond acceptors (Lipinski definition) is 4. The van der Waals surface area contributed by atoms with E-state index in [1.165, 1.54) is 5.56 Å². The van der Waals surface area contributed by atoms with Gasteiger partial charge in [-0.2, -0.15) is 4.99 Å². The largest absolute Gasteiger partial charge is 0.483 e. The van der Waals surface area contributed by atoms with Crippen molar-refractivity contribution < 1.29 is 10.1 Å². The molecule has 0 saturated heterocycles. The summed E-state index contributed by atoms with van der Waals surface area (Å²) in [5, 5.41) is 11.5. The molecule has 0 amide bonds. The second-order valence-corrected chi connectivity index (χ2v) is 7.18. The average Bonchev–Trinajstić information content (AvgIpc) is 3.02. The van der Waals surface area contributed by atoms with Crippen LogP contribution < -0.4 is 5.01 Å². The van der Waals surface area contributed by atoms with Crippen LogP contribution in [0, 0.1) is 5.92 Å². The van der Waals surface area contributed by atoms with Crippen LogP contribution in [-0.4, -0.2) is 28.9 Å². The lowest BCUT2D eigenvalue weighted by atomic mass is 9.82. The zero-order valence-electron chi connectivity index (χ0n) is 13.2. The zero-order valence-corrected chi connectivity index (χ0v) is 14.0. The Morgan fingerprint density at radius 2 is 2.26 bits per heavy atom. The molecule has 0 saturated carbocycles. The van der Waals surface area contributed by atoms with Crippen LogP contribution in [0.25, 0.3) is 5.43 Å². The van der Waals surface area contributed by atoms with Crippen LogP contribution in [0.5, 0.6) is 0 Å². The third-order valence-electron chi connectivity index (χ3n) is 4.85. The second-order valence-electron chi connectivity index (χ2n) is 6.27. The highest BCUT2D eigenvalue weighted by molar-refractivity contribution is 7.99. The number of aryl methyl sites for hydroxylation is 1. The summed E-state index contributed by atoms with van der Waals surface area (Å²) in [6.45, 7) is 2.11. The summed E-state index contributed by atoms with van der Waals surface area (Å²) in [6, 6.07) is 6.32. The Morgan fingerprint density at radius 1 is 1.39 bits per heavy atom. The van der Waals surface area contributed by atoms with Crippen LogP contribution >= 0.6 is 11.8 Å². The van der Waals surface area contributed by atoms with Gasteiger partial charge in [0.1, 0.15) is 17.4 Å². The topological polar surface area (TPSA) is 63.5 Å². The average molecular weight is 328 g/mol. The first-order valence-corrected chi connectivity index (χ1v) is 9.20. The number of fused-ring (bicyclic) bond motifs is 2. The van der Waals surface area contributed by atoms with Crippen molar-refractivity contribution in [3.8, 4) is 0 Å². The number of benzene rings is 1. The molecule has 0 spiro atoms. The van der Waals surface area contributed by atoms with Gasteiger partial charge in [-0.3, -0.25) is 10.0 Å². The number of aliphatic hydroxyl groups is 1. The minimum atomic E-state index is -0.387. The molecule has 1 aromatic rings. The van der Waals surface area contributed by atoms with Crippen LogP contribution in [0.1, 0.15) is 30.6 Å². The summed E-state index contributed by atoms with van der Waals surface area (Å²) in [7, 11) is 0. The Labute approximate surface area is 140 Å². The highest BCUT2D eigenvalue weighted by atomic mass is 32.2. The molecule has 0 aromatic heterocycles. The number of nitrogens with one attached hydrogen (secondary N) is 1. The van der Waals surface area contributed by atoms with E-state index in [-0.39, 0.29) is 11.5 Å². The number of aliphatic imine (C=N–C) groups is 2. The maximum absolute atomic E-state index is 10.5. The van der Waals surface area contributed by atoms with Crippen molar-refractivity contribution in [2.24, 2.45) is 15.9 Å². The first-order valence-electron chi connectivity index (χ1n) is 7.91. The monoisotopic (exact) mass is 328 g/mol. The smallest absolute Gasteiger partial charge is 0.232 e. The molecule has 2 N–H and O–H groups in total. The summed E-state index contributed by atoms with van der Waals surface area (Å²) in [5.41, 5.74) is 8.98. The summed E-state index contributed by atoms with van der Waals surface area (Å²) >= 11 is 1.68. The molecule has 1 aliphatic carbocycles. The van der Waals surface area contributed by atoms with Gasteiger partial charge in [0.25, 0.3) is 0 Å². The minimum absolute atomic E-state index is 0.0759. The van der Waals surface area contributed by atoms with Crippen LogP contribution in [-0.2, 0) is 6.42 Å². The molecule has 0 bridgehead atoms. The molecule has 5 nitrogen and oxygen atoms in total. The van der Waals surface area contributed by atoms with Gasteiger partial charge < -0.3 is 10.5 Å². The van der Waals surface area contributed by atoms with E-state index in [1.54, 1.807) is 18.1 Å². The van der Waals surface area contributed by atoms with Gasteiger partial charge >= 0.3 is 0 Å². The van der Waals surface area contributed by atoms with Gasteiger partial charge in [-0.25, -0.2) is 0 Å². The van der Waals surface area contributed by atoms with Crippen LogP contribution in [0.2, 0.25) is 0 Å². The van der Waals surface area contributed by atoms with Crippen LogP contribution in [0.15, 0.2) is 40.0 Å². The van der Waals surface area contributed by atoms with Crippen molar-refractivity contribution in [1.82, 2.24) is 0 Å².